The van der Waals surface area contributed by atoms with E-state index in [0.29, 0.717) is 10.6 Å². The van der Waals surface area contributed by atoms with Gasteiger partial charge in [-0.15, -0.1) is 6.58 Å². The van der Waals surface area contributed by atoms with E-state index in [1.54, 1.807) is 19.1 Å². The number of benzene rings is 1. The summed E-state index contributed by atoms with van der Waals surface area (Å²) in [6.45, 7) is 10.9. The zero-order chi connectivity index (χ0) is 14.1. The number of hydrogen-bond donors (Lipinski definition) is 1. The molecule has 0 fully saturated rings. The molecule has 0 radical (unpaired) electrons. The van der Waals surface area contributed by atoms with Crippen LogP contribution in [-0.2, 0) is 10.0 Å². The van der Waals surface area contributed by atoms with Crippen molar-refractivity contribution in [1.82, 2.24) is 0 Å². The van der Waals surface area contributed by atoms with Crippen LogP contribution in [0.1, 0.15) is 26.3 Å². The Morgan fingerprint density at radius 2 is 1.76 bits per heavy atom. The van der Waals surface area contributed by atoms with E-state index in [4.69, 9.17) is 16.7 Å². The van der Waals surface area contributed by atoms with Gasteiger partial charge in [-0.05, 0) is 37.6 Å². The van der Waals surface area contributed by atoms with Gasteiger partial charge in [0.15, 0.2) is 0 Å². The number of sulfonamides is 1. The van der Waals surface area contributed by atoms with Gasteiger partial charge < -0.3 is 0 Å². The van der Waals surface area contributed by atoms with E-state index in [9.17, 15) is 8.42 Å². The van der Waals surface area contributed by atoms with Gasteiger partial charge in [-0.3, -0.25) is 0 Å². The van der Waals surface area contributed by atoms with Crippen molar-refractivity contribution in [3.8, 4) is 0 Å². The van der Waals surface area contributed by atoms with Gasteiger partial charge in [0.1, 0.15) is 0 Å². The van der Waals surface area contributed by atoms with E-state index < -0.39 is 10.0 Å². The first-order chi connectivity index (χ1) is 7.82. The third-order valence-corrected chi connectivity index (χ3v) is 2.75. The van der Waals surface area contributed by atoms with Gasteiger partial charge in [-0.1, -0.05) is 31.5 Å². The summed E-state index contributed by atoms with van der Waals surface area (Å²) in [7, 11) is -3.61. The molecule has 0 heterocycles. The predicted molar refractivity (Wildman–Crippen MR) is 74.8 cm³/mol. The number of aryl methyl sites for hydroxylation is 1. The van der Waals surface area contributed by atoms with Crippen molar-refractivity contribution in [3.63, 3.8) is 0 Å². The maximum absolute atomic E-state index is 10.9. The summed E-state index contributed by atoms with van der Waals surface area (Å²) in [5.41, 5.74) is 0.560. The molecule has 0 aliphatic carbocycles. The lowest BCUT2D eigenvalue weighted by Crippen LogP contribution is -2.13. The monoisotopic (exact) mass is 277 g/mol. The first kappa shape index (κ1) is 18.5. The number of rotatable bonds is 1. The summed E-state index contributed by atoms with van der Waals surface area (Å²) in [4.78, 5) is 0.118. The largest absolute Gasteiger partial charge is 0.238 e. The predicted octanol–water partition coefficient (Wildman–Crippen LogP) is 3.51. The number of allylic oxidation sites excluding steroid dienone is 1. The molecule has 0 unspecified atom stereocenters. The molecule has 1 aromatic carbocycles. The molecule has 0 bridgehead atoms. The van der Waals surface area contributed by atoms with Gasteiger partial charge in [-0.2, -0.15) is 0 Å². The maximum Gasteiger partial charge on any atom is 0.238 e. The van der Waals surface area contributed by atoms with E-state index in [2.05, 4.69) is 6.58 Å². The van der Waals surface area contributed by atoms with Crippen molar-refractivity contribution in [2.45, 2.75) is 32.6 Å². The molecule has 0 aliphatic rings. The second-order valence-electron chi connectivity index (χ2n) is 2.86. The van der Waals surface area contributed by atoms with Crippen LogP contribution >= 0.6 is 11.6 Å². The first-order valence-electron chi connectivity index (χ1n) is 5.19. The summed E-state index contributed by atoms with van der Waals surface area (Å²) in [6, 6.07) is 4.45. The molecule has 1 rings (SSSR count). The highest BCUT2D eigenvalue weighted by Gasteiger charge is 2.10. The third-order valence-electron chi connectivity index (χ3n) is 1.44. The molecule has 98 valence electrons. The van der Waals surface area contributed by atoms with Crippen molar-refractivity contribution in [2.24, 2.45) is 5.14 Å². The van der Waals surface area contributed by atoms with Gasteiger partial charge in [0.2, 0.25) is 10.0 Å². The summed E-state index contributed by atoms with van der Waals surface area (Å²) in [6.07, 6.45) is 1.75. The lowest BCUT2D eigenvalue weighted by molar-refractivity contribution is 0.597. The second-order valence-corrected chi connectivity index (χ2v) is 4.83. The van der Waals surface area contributed by atoms with Crippen LogP contribution in [0.4, 0.5) is 0 Å². The van der Waals surface area contributed by atoms with Crippen LogP contribution in [0.5, 0.6) is 0 Å². The minimum absolute atomic E-state index is 0.118. The van der Waals surface area contributed by atoms with Gasteiger partial charge in [0.25, 0.3) is 0 Å². The molecule has 0 saturated heterocycles. The molecule has 17 heavy (non-hydrogen) atoms. The first-order valence-corrected chi connectivity index (χ1v) is 7.11. The fourth-order valence-electron chi connectivity index (χ4n) is 0.932. The molecule has 0 aromatic heterocycles. The zero-order valence-corrected chi connectivity index (χ0v) is 12.3. The van der Waals surface area contributed by atoms with Crippen LogP contribution < -0.4 is 5.14 Å². The number of nitrogens with two attached hydrogens (primary N) is 1. The highest BCUT2D eigenvalue weighted by molar-refractivity contribution is 7.89. The normalized spacial score (nSPS) is 9.29. The van der Waals surface area contributed by atoms with Crippen molar-refractivity contribution >= 4 is 21.6 Å². The molecule has 0 amide bonds. The minimum Gasteiger partial charge on any atom is -0.225 e. The summed E-state index contributed by atoms with van der Waals surface area (Å²) < 4.78 is 21.8. The lowest BCUT2D eigenvalue weighted by Gasteiger charge is -2.02. The highest BCUT2D eigenvalue weighted by Crippen LogP contribution is 2.17. The van der Waals surface area contributed by atoms with E-state index in [1.807, 2.05) is 20.8 Å². The Morgan fingerprint density at radius 1 is 1.35 bits per heavy atom. The van der Waals surface area contributed by atoms with Crippen molar-refractivity contribution in [2.75, 3.05) is 0 Å². The van der Waals surface area contributed by atoms with Crippen LogP contribution in [0.15, 0.2) is 35.7 Å². The van der Waals surface area contributed by atoms with Gasteiger partial charge in [0.05, 0.1) is 4.90 Å². The Labute approximate surface area is 109 Å². The van der Waals surface area contributed by atoms with Crippen molar-refractivity contribution < 1.29 is 8.42 Å². The Kier molecular flexibility index (Phi) is 10.0. The fraction of sp³-hybridized carbons (Fsp3) is 0.333. The Bertz CT molecular complexity index is 442. The molecule has 3 nitrogen and oxygen atoms in total. The van der Waals surface area contributed by atoms with Gasteiger partial charge in [-0.25, -0.2) is 13.6 Å². The highest BCUT2D eigenvalue weighted by atomic mass is 35.5. The van der Waals surface area contributed by atoms with Gasteiger partial charge in [0, 0.05) is 5.02 Å². The van der Waals surface area contributed by atoms with Crippen LogP contribution in [0.2, 0.25) is 5.02 Å². The van der Waals surface area contributed by atoms with E-state index in [1.165, 1.54) is 12.1 Å². The molecular formula is C12H20ClNO2S. The zero-order valence-electron chi connectivity index (χ0n) is 10.7. The topological polar surface area (TPSA) is 60.2 Å². The summed E-state index contributed by atoms with van der Waals surface area (Å²) >= 11 is 5.63. The quantitative estimate of drug-likeness (QED) is 0.799. The Balaban J connectivity index is 0. The van der Waals surface area contributed by atoms with Crippen LogP contribution in [0, 0.1) is 6.92 Å². The smallest absolute Gasteiger partial charge is 0.225 e. The second kappa shape index (κ2) is 9.22. The standard InChI is InChI=1S/C7H8ClNO2S.C3H6.C2H6/c1-5-4-6(8)2-3-7(5)12(9,10)11;1-3-2;1-2/h2-4H,1H3,(H2,9,10,11);3H,1H2,2H3;1-2H3. The molecule has 0 aliphatic heterocycles. The minimum atomic E-state index is -3.61. The van der Waals surface area contributed by atoms with Crippen molar-refractivity contribution in [3.05, 3.63) is 41.4 Å². The molecule has 1 aromatic rings. The van der Waals surface area contributed by atoms with Crippen molar-refractivity contribution in [1.29, 1.82) is 0 Å². The van der Waals surface area contributed by atoms with Gasteiger partial charge >= 0.3 is 0 Å². The summed E-state index contributed by atoms with van der Waals surface area (Å²) in [5.74, 6) is 0. The number of hydrogen-bond acceptors (Lipinski definition) is 2. The average molecular weight is 278 g/mol. The van der Waals surface area contributed by atoms with E-state index in [-0.39, 0.29) is 4.90 Å². The van der Waals surface area contributed by atoms with Crippen LogP contribution in [-0.4, -0.2) is 8.42 Å². The summed E-state index contributed by atoms with van der Waals surface area (Å²) in [5, 5.41) is 5.44. The third kappa shape index (κ3) is 7.96. The Morgan fingerprint density at radius 3 is 2.06 bits per heavy atom. The SMILES string of the molecule is C=CC.CC.Cc1cc(Cl)ccc1S(N)(=O)=O. The molecular weight excluding hydrogens is 258 g/mol. The molecule has 5 heteroatoms. The maximum atomic E-state index is 10.9. The molecule has 0 atom stereocenters. The lowest BCUT2D eigenvalue weighted by atomic mass is 10.2. The Hall–Kier alpha value is -0.840. The van der Waals surface area contributed by atoms with Crippen LogP contribution in [0.3, 0.4) is 0 Å². The number of primary sulfonamides is 1. The van der Waals surface area contributed by atoms with Crippen LogP contribution in [0.25, 0.3) is 0 Å². The average Bonchev–Trinajstić information content (AvgIpc) is 2.19. The molecule has 0 spiro atoms. The molecule has 0 saturated carbocycles. The van der Waals surface area contributed by atoms with E-state index in [0.717, 1.165) is 0 Å². The fourth-order valence-corrected chi connectivity index (χ4v) is 1.92. The molecule has 2 N–H and O–H groups in total. The van der Waals surface area contributed by atoms with E-state index >= 15 is 0 Å². The number of halogens is 1.